The highest BCUT2D eigenvalue weighted by Gasteiger charge is 2.44. The molecule has 0 aromatic heterocycles. The zero-order valence-electron chi connectivity index (χ0n) is 17.0. The Hall–Kier alpha value is -3.52. The third-order valence-electron chi connectivity index (χ3n) is 5.62. The number of hydrogen-bond donors (Lipinski definition) is 3. The third-order valence-corrected chi connectivity index (χ3v) is 5.62. The minimum absolute atomic E-state index is 0.101. The molecule has 4 rings (SSSR count). The fourth-order valence-corrected chi connectivity index (χ4v) is 3.93. The van der Waals surface area contributed by atoms with Crippen LogP contribution in [0.4, 0.5) is 5.69 Å². The van der Waals surface area contributed by atoms with E-state index in [1.54, 1.807) is 18.2 Å². The normalized spacial score (nSPS) is 18.2. The zero-order valence-corrected chi connectivity index (χ0v) is 17.0. The Bertz CT molecular complexity index is 1050. The lowest BCUT2D eigenvalue weighted by atomic mass is 10.0. The van der Waals surface area contributed by atoms with Gasteiger partial charge in [-0.15, -0.1) is 0 Å². The van der Waals surface area contributed by atoms with E-state index < -0.39 is 29.7 Å². The number of carbonyl (C=O) groups excluding carboxylic acids is 4. The lowest BCUT2D eigenvalue weighted by Crippen LogP contribution is -2.54. The first-order valence-corrected chi connectivity index (χ1v) is 10.4. The molecule has 2 aromatic carbocycles. The molecule has 1 saturated heterocycles. The van der Waals surface area contributed by atoms with Gasteiger partial charge in [-0.05, 0) is 61.2 Å². The van der Waals surface area contributed by atoms with Crippen LogP contribution in [0, 0.1) is 0 Å². The maximum atomic E-state index is 12.9. The molecule has 1 unspecified atom stereocenters. The van der Waals surface area contributed by atoms with Crippen LogP contribution in [-0.4, -0.2) is 41.1 Å². The van der Waals surface area contributed by atoms with E-state index in [4.69, 9.17) is 5.73 Å². The summed E-state index contributed by atoms with van der Waals surface area (Å²) in [5.41, 5.74) is 9.13. The smallest absolute Gasteiger partial charge is 0.262 e. The lowest BCUT2D eigenvalue weighted by Gasteiger charge is -2.27. The molecule has 2 aromatic rings. The van der Waals surface area contributed by atoms with Crippen LogP contribution in [0.1, 0.15) is 51.1 Å². The Morgan fingerprint density at radius 3 is 2.39 bits per heavy atom. The van der Waals surface area contributed by atoms with Gasteiger partial charge < -0.3 is 11.1 Å². The van der Waals surface area contributed by atoms with Gasteiger partial charge in [-0.2, -0.15) is 0 Å². The van der Waals surface area contributed by atoms with Crippen LogP contribution in [0.5, 0.6) is 0 Å². The van der Waals surface area contributed by atoms with Gasteiger partial charge in [-0.1, -0.05) is 18.2 Å². The van der Waals surface area contributed by atoms with Crippen LogP contribution < -0.4 is 16.4 Å². The number of nitrogens with two attached hydrogens (primary N) is 1. The first-order valence-electron chi connectivity index (χ1n) is 10.4. The van der Waals surface area contributed by atoms with Crippen molar-refractivity contribution in [2.45, 2.75) is 38.3 Å². The fraction of sp³-hybridized carbons (Fsp3) is 0.304. The van der Waals surface area contributed by atoms with Crippen molar-refractivity contribution in [1.29, 1.82) is 0 Å². The van der Waals surface area contributed by atoms with Crippen molar-refractivity contribution < 1.29 is 19.2 Å². The highest BCUT2D eigenvalue weighted by molar-refractivity contribution is 6.23. The molecule has 2 aliphatic rings. The topological polar surface area (TPSA) is 122 Å². The van der Waals surface area contributed by atoms with E-state index in [-0.39, 0.29) is 24.0 Å². The van der Waals surface area contributed by atoms with E-state index in [0.717, 1.165) is 29.0 Å². The summed E-state index contributed by atoms with van der Waals surface area (Å²) in [5.74, 6) is -2.00. The molecule has 0 aliphatic carbocycles. The second kappa shape index (κ2) is 8.69. The van der Waals surface area contributed by atoms with Crippen molar-refractivity contribution in [2.75, 3.05) is 11.9 Å². The predicted octanol–water partition coefficient (Wildman–Crippen LogP) is 1.59. The highest BCUT2D eigenvalue weighted by Crippen LogP contribution is 2.28. The van der Waals surface area contributed by atoms with E-state index in [1.807, 2.05) is 12.1 Å². The Morgan fingerprint density at radius 1 is 0.968 bits per heavy atom. The van der Waals surface area contributed by atoms with Crippen molar-refractivity contribution in [1.82, 2.24) is 10.2 Å². The van der Waals surface area contributed by atoms with Crippen LogP contribution in [0.2, 0.25) is 0 Å². The second-order valence-corrected chi connectivity index (χ2v) is 7.77. The van der Waals surface area contributed by atoms with Crippen LogP contribution in [0.15, 0.2) is 42.5 Å². The minimum Gasteiger partial charge on any atom is -0.381 e. The summed E-state index contributed by atoms with van der Waals surface area (Å²) in [7, 11) is 0. The Balaban J connectivity index is 1.44. The van der Waals surface area contributed by atoms with Crippen molar-refractivity contribution in [3.8, 4) is 0 Å². The Morgan fingerprint density at radius 2 is 1.68 bits per heavy atom. The van der Waals surface area contributed by atoms with E-state index in [0.29, 0.717) is 13.1 Å². The van der Waals surface area contributed by atoms with E-state index in [2.05, 4.69) is 22.8 Å². The number of nitrogens with one attached hydrogen (secondary N) is 2. The lowest BCUT2D eigenvalue weighted by molar-refractivity contribution is -0.136. The number of rotatable bonds is 7. The summed E-state index contributed by atoms with van der Waals surface area (Å²) in [6.45, 7) is 1.15. The number of nitrogens with zero attached hydrogens (tertiary/aromatic N) is 1. The van der Waals surface area contributed by atoms with Gasteiger partial charge in [-0.25, -0.2) is 0 Å². The van der Waals surface area contributed by atoms with E-state index in [9.17, 15) is 19.2 Å². The van der Waals surface area contributed by atoms with Crippen molar-refractivity contribution in [3.05, 3.63) is 64.7 Å². The largest absolute Gasteiger partial charge is 0.381 e. The molecule has 8 nitrogen and oxygen atoms in total. The molecular formula is C23H24N4O4. The molecule has 2 heterocycles. The number of amides is 4. The van der Waals surface area contributed by atoms with Gasteiger partial charge in [0, 0.05) is 18.7 Å². The number of benzene rings is 2. The maximum Gasteiger partial charge on any atom is 0.262 e. The van der Waals surface area contributed by atoms with Gasteiger partial charge in [0.2, 0.25) is 11.8 Å². The molecule has 1 atom stereocenters. The Labute approximate surface area is 179 Å². The van der Waals surface area contributed by atoms with E-state index >= 15 is 0 Å². The number of anilines is 1. The van der Waals surface area contributed by atoms with Crippen molar-refractivity contribution in [2.24, 2.45) is 5.73 Å². The maximum absolute atomic E-state index is 12.9. The van der Waals surface area contributed by atoms with Crippen LogP contribution in [-0.2, 0) is 22.6 Å². The number of piperidine rings is 1. The third kappa shape index (κ3) is 4.20. The number of imide groups is 2. The molecule has 8 heteroatoms. The van der Waals surface area contributed by atoms with E-state index in [1.165, 1.54) is 5.56 Å². The molecule has 31 heavy (non-hydrogen) atoms. The summed E-state index contributed by atoms with van der Waals surface area (Å²) >= 11 is 0. The first kappa shape index (κ1) is 20.7. The van der Waals surface area contributed by atoms with Crippen molar-refractivity contribution in [3.63, 3.8) is 0 Å². The average Bonchev–Trinajstić information content (AvgIpc) is 3.01. The van der Waals surface area contributed by atoms with Gasteiger partial charge in [0.15, 0.2) is 0 Å². The number of aryl methyl sites for hydroxylation is 1. The van der Waals surface area contributed by atoms with Crippen LogP contribution in [0.3, 0.4) is 0 Å². The van der Waals surface area contributed by atoms with Gasteiger partial charge in [-0.3, -0.25) is 29.4 Å². The van der Waals surface area contributed by atoms with Gasteiger partial charge >= 0.3 is 0 Å². The summed E-state index contributed by atoms with van der Waals surface area (Å²) in [6.07, 6.45) is 2.14. The van der Waals surface area contributed by atoms with Crippen molar-refractivity contribution >= 4 is 29.3 Å². The molecule has 160 valence electrons. The minimum atomic E-state index is -0.954. The molecule has 1 fully saturated rings. The molecular weight excluding hydrogens is 396 g/mol. The van der Waals surface area contributed by atoms with Crippen LogP contribution >= 0.6 is 0 Å². The number of hydrogen-bond acceptors (Lipinski definition) is 6. The molecule has 0 radical (unpaired) electrons. The molecule has 4 amide bonds. The molecule has 0 saturated carbocycles. The molecule has 0 spiro atoms. The molecule has 0 bridgehead atoms. The summed E-state index contributed by atoms with van der Waals surface area (Å²) in [4.78, 5) is 50.1. The first-order chi connectivity index (χ1) is 15.0. The quantitative estimate of drug-likeness (QED) is 0.585. The summed E-state index contributed by atoms with van der Waals surface area (Å²) in [6, 6.07) is 12.3. The van der Waals surface area contributed by atoms with Gasteiger partial charge in [0.1, 0.15) is 6.04 Å². The Kier molecular flexibility index (Phi) is 5.81. The highest BCUT2D eigenvalue weighted by atomic mass is 16.2. The number of fused-ring (bicyclic) bond motifs is 1. The zero-order chi connectivity index (χ0) is 22.0. The predicted molar refractivity (Wildman–Crippen MR) is 114 cm³/mol. The summed E-state index contributed by atoms with van der Waals surface area (Å²) in [5, 5.41) is 5.51. The molecule has 2 aliphatic heterocycles. The van der Waals surface area contributed by atoms with Gasteiger partial charge in [0.25, 0.3) is 11.8 Å². The SMILES string of the molecule is NCCCc1ccc(NCc2ccc3c(c2)C(=O)N(C2CCC(=O)NC2=O)C3=O)cc1. The van der Waals surface area contributed by atoms with Gasteiger partial charge in [0.05, 0.1) is 11.1 Å². The molecule has 4 N–H and O–H groups in total. The average molecular weight is 420 g/mol. The monoisotopic (exact) mass is 420 g/mol. The fourth-order valence-electron chi connectivity index (χ4n) is 3.93. The standard InChI is InChI=1S/C23H24N4O4/c24-11-1-2-14-3-6-16(7-4-14)25-13-15-5-8-17-18(12-15)23(31)27(22(17)30)19-9-10-20(28)26-21(19)29/h3-8,12,19,25H,1-2,9-11,13,24H2,(H,26,28,29). The number of carbonyl (C=O) groups is 4. The second-order valence-electron chi connectivity index (χ2n) is 7.77. The van der Waals surface area contributed by atoms with Crippen LogP contribution in [0.25, 0.3) is 0 Å². The summed E-state index contributed by atoms with van der Waals surface area (Å²) < 4.78 is 0.